The van der Waals surface area contributed by atoms with Crippen molar-refractivity contribution in [3.8, 4) is 45.3 Å². The number of nitrogens with one attached hydrogen (secondary N) is 1. The van der Waals surface area contributed by atoms with Crippen LogP contribution in [0.15, 0.2) is 103 Å². The molecule has 186 valence electrons. The van der Waals surface area contributed by atoms with Gasteiger partial charge < -0.3 is 19.9 Å². The Bertz CT molecular complexity index is 2030. The first-order valence-corrected chi connectivity index (χ1v) is 13.1. The number of nitrogens with zero attached hydrogens (tertiary/aromatic N) is 5. The van der Waals surface area contributed by atoms with Gasteiger partial charge in [-0.1, -0.05) is 72.4 Å². The van der Waals surface area contributed by atoms with E-state index in [2.05, 4.69) is 47.4 Å². The second kappa shape index (κ2) is 9.09. The molecule has 41 heavy (non-hydrogen) atoms. The van der Waals surface area contributed by atoms with Crippen LogP contribution in [0.2, 0.25) is 0 Å². The molecule has 0 fully saturated rings. The molecule has 3 heterocycles. The summed E-state index contributed by atoms with van der Waals surface area (Å²) in [6.45, 7) is 0. The summed E-state index contributed by atoms with van der Waals surface area (Å²) in [7, 11) is 0. The minimum atomic E-state index is 0. The van der Waals surface area contributed by atoms with Crippen LogP contribution in [0.25, 0.3) is 89.2 Å². The molecule has 2 aliphatic rings. The number of rotatable bonds is 0. The van der Waals surface area contributed by atoms with Crippen molar-refractivity contribution in [2.24, 2.45) is 0 Å². The first-order valence-electron chi connectivity index (χ1n) is 13.1. The first kappa shape index (κ1) is 24.0. The molecule has 0 saturated carbocycles. The van der Waals surface area contributed by atoms with Crippen LogP contribution in [-0.4, -0.2) is 43.0 Å². The third-order valence-electron chi connectivity index (χ3n) is 7.62. The number of fused-ring (bicyclic) bond motifs is 20. The minimum absolute atomic E-state index is 0. The van der Waals surface area contributed by atoms with E-state index in [0.717, 1.165) is 66.4 Å². The van der Waals surface area contributed by atoms with E-state index in [-0.39, 0.29) is 23.1 Å². The summed E-state index contributed by atoms with van der Waals surface area (Å²) in [5, 5.41) is 3.96. The molecule has 0 saturated heterocycles. The largest absolute Gasteiger partial charge is 2.00 e. The second-order valence-corrected chi connectivity index (χ2v) is 9.95. The Morgan fingerprint density at radius 1 is 0.512 bits per heavy atom. The zero-order chi connectivity index (χ0) is 26.2. The van der Waals surface area contributed by atoms with E-state index in [4.69, 9.17) is 24.9 Å². The third kappa shape index (κ3) is 3.63. The van der Waals surface area contributed by atoms with E-state index in [0.29, 0.717) is 22.8 Å². The van der Waals surface area contributed by atoms with Gasteiger partial charge in [-0.25, -0.2) is 0 Å². The number of aromatic nitrogens is 6. The third-order valence-corrected chi connectivity index (χ3v) is 7.62. The predicted molar refractivity (Wildman–Crippen MR) is 162 cm³/mol. The van der Waals surface area contributed by atoms with Crippen molar-refractivity contribution in [3.63, 3.8) is 0 Å². The van der Waals surface area contributed by atoms with Crippen LogP contribution in [-0.2, 0) is 0 Å². The molecule has 7 heteroatoms. The van der Waals surface area contributed by atoms with Crippen molar-refractivity contribution in [2.75, 3.05) is 0 Å². The van der Waals surface area contributed by atoms with Crippen molar-refractivity contribution in [2.45, 2.75) is 0 Å². The van der Waals surface area contributed by atoms with E-state index in [1.165, 1.54) is 0 Å². The van der Waals surface area contributed by atoms with Gasteiger partial charge in [0, 0.05) is 22.4 Å². The van der Waals surface area contributed by atoms with Gasteiger partial charge in [-0.3, -0.25) is 4.98 Å². The van der Waals surface area contributed by atoms with Gasteiger partial charge in [0.15, 0.2) is 0 Å². The van der Waals surface area contributed by atoms with Crippen molar-refractivity contribution in [1.82, 2.24) is 24.9 Å². The number of hydrogen-bond donors (Lipinski definition) is 0. The molecule has 7 aromatic rings. The molecule has 5 aromatic carbocycles. The summed E-state index contributed by atoms with van der Waals surface area (Å²) < 4.78 is 0. The Labute approximate surface area is 250 Å². The van der Waals surface area contributed by atoms with Gasteiger partial charge in [0.25, 0.3) is 5.82 Å². The van der Waals surface area contributed by atoms with Crippen LogP contribution >= 0.6 is 0 Å². The van der Waals surface area contributed by atoms with Gasteiger partial charge in [0.1, 0.15) is 5.82 Å². The van der Waals surface area contributed by atoms with Crippen LogP contribution < -0.4 is 9.97 Å². The number of hydrogen-bond acceptors (Lipinski definition) is 4. The molecule has 0 radical (unpaired) electrons. The summed E-state index contributed by atoms with van der Waals surface area (Å²) in [5.74, 6) is 1.46. The summed E-state index contributed by atoms with van der Waals surface area (Å²) in [4.78, 5) is 28.7. The molecule has 0 atom stereocenters. The fraction of sp³-hybridized carbons (Fsp3) is 0. The van der Waals surface area contributed by atoms with Gasteiger partial charge in [-0.15, -0.1) is 63.4 Å². The molecule has 1 aliphatic heterocycles. The van der Waals surface area contributed by atoms with Crippen molar-refractivity contribution < 1.29 is 4.98 Å². The van der Waals surface area contributed by atoms with Crippen molar-refractivity contribution >= 4 is 66.9 Å². The van der Waals surface area contributed by atoms with E-state index in [9.17, 15) is 0 Å². The van der Waals surface area contributed by atoms with Crippen LogP contribution in [0.3, 0.4) is 0 Å². The SMILES string of the molecule is [Mg+2].[c-]1c2nc3[cH-]c(nc4[nH+]c(nc5[n-]c(nc1-c1ccccc1-2)c1ccccc51)-c1ccccc1-4)c1ccccc31. The average molecular weight is 535 g/mol. The number of aromatic amines is 1. The maximum Gasteiger partial charge on any atom is 2.00 e. The minimum Gasteiger partial charge on any atom is -0.388 e. The van der Waals surface area contributed by atoms with E-state index < -0.39 is 0 Å². The van der Waals surface area contributed by atoms with E-state index in [1.54, 1.807) is 0 Å². The van der Waals surface area contributed by atoms with Crippen LogP contribution in [0.5, 0.6) is 0 Å². The Morgan fingerprint density at radius 3 is 1.61 bits per heavy atom. The molecule has 6 nitrogen and oxygen atoms in total. The van der Waals surface area contributed by atoms with Crippen molar-refractivity contribution in [1.29, 1.82) is 0 Å². The monoisotopic (exact) mass is 534 g/mol. The summed E-state index contributed by atoms with van der Waals surface area (Å²) in [5.41, 5.74) is 8.34. The van der Waals surface area contributed by atoms with Gasteiger partial charge in [-0.05, 0) is 22.4 Å². The summed E-state index contributed by atoms with van der Waals surface area (Å²) in [6.07, 6.45) is 0. The number of benzene rings is 4. The van der Waals surface area contributed by atoms with Gasteiger partial charge >= 0.3 is 23.1 Å². The molecule has 0 unspecified atom stereocenters. The quantitative estimate of drug-likeness (QED) is 0.168. The Morgan fingerprint density at radius 2 is 0.976 bits per heavy atom. The fourth-order valence-electron chi connectivity index (χ4n) is 5.76. The summed E-state index contributed by atoms with van der Waals surface area (Å²) >= 11 is 0. The van der Waals surface area contributed by atoms with Crippen LogP contribution in [0, 0.1) is 6.07 Å². The molecule has 9 rings (SSSR count). The van der Waals surface area contributed by atoms with E-state index in [1.807, 2.05) is 66.7 Å². The molecule has 0 amide bonds. The maximum atomic E-state index is 5.13. The van der Waals surface area contributed by atoms with E-state index >= 15 is 0 Å². The Hall–Kier alpha value is -4.85. The van der Waals surface area contributed by atoms with Crippen molar-refractivity contribution in [3.05, 3.63) is 109 Å². The standard InChI is InChI=1S/C34H17N6.Mg/c1-3-11-21-19(9-1)27-17-29(21)36-31-23-13-5-7-15-25(23)33(38-31)40-34-26-16-8-6-14-24(26)32(39-34)37-30-18-28(35-27)20-10-2-4-12-22(20)30;/h1-17H;/q-3;+2/p+1. The van der Waals surface area contributed by atoms with Gasteiger partial charge in [0.05, 0.1) is 5.56 Å². The molecular weight excluding hydrogens is 517 g/mol. The van der Waals surface area contributed by atoms with Crippen LogP contribution in [0.4, 0.5) is 0 Å². The maximum absolute atomic E-state index is 5.13. The fourth-order valence-corrected chi connectivity index (χ4v) is 5.76. The normalized spacial score (nSPS) is 11.7. The predicted octanol–water partition coefficient (Wildman–Crippen LogP) is 6.33. The summed E-state index contributed by atoms with van der Waals surface area (Å²) in [6, 6.07) is 38.2. The number of H-pyrrole nitrogens is 1. The molecule has 2 aromatic heterocycles. The zero-order valence-electron chi connectivity index (χ0n) is 21.8. The molecule has 8 bridgehead atoms. The zero-order valence-corrected chi connectivity index (χ0v) is 23.2. The van der Waals surface area contributed by atoms with Gasteiger partial charge in [-0.2, -0.15) is 5.56 Å². The van der Waals surface area contributed by atoms with Crippen LogP contribution in [0.1, 0.15) is 0 Å². The van der Waals surface area contributed by atoms with Gasteiger partial charge in [0.2, 0.25) is 0 Å². The molecular formula is C34H18MgN6. The topological polar surface area (TPSA) is 79.8 Å². The first-order chi connectivity index (χ1) is 19.8. The molecule has 0 spiro atoms. The molecule has 1 N–H and O–H groups in total. The second-order valence-electron chi connectivity index (χ2n) is 9.95. The molecule has 1 aliphatic carbocycles. The Kier molecular flexibility index (Phi) is 5.32. The smallest absolute Gasteiger partial charge is 0.388 e. The Balaban J connectivity index is 0.00000256. The average Bonchev–Trinajstić information content (AvgIpc) is 3.73.